The van der Waals surface area contributed by atoms with Gasteiger partial charge in [0.25, 0.3) is 0 Å². The monoisotopic (exact) mass is 420 g/mol. The molecular formula is C12H4Cl2F6N4S. The second-order valence-corrected chi connectivity index (χ2v) is 6.09. The number of thioether (sulfide) groups is 1. The zero-order valence-corrected chi connectivity index (χ0v) is 13.8. The van der Waals surface area contributed by atoms with Crippen LogP contribution in [0, 0.1) is 22.7 Å². The molecular weight excluding hydrogens is 417 g/mol. The van der Waals surface area contributed by atoms with Crippen molar-refractivity contribution < 1.29 is 26.3 Å². The lowest BCUT2D eigenvalue weighted by molar-refractivity contribution is -0.137. The lowest BCUT2D eigenvalue weighted by Crippen LogP contribution is -2.20. The van der Waals surface area contributed by atoms with E-state index in [4.69, 9.17) is 33.7 Å². The second kappa shape index (κ2) is 8.04. The van der Waals surface area contributed by atoms with Gasteiger partial charge in [-0.25, -0.2) is 0 Å². The van der Waals surface area contributed by atoms with Crippen LogP contribution in [0.15, 0.2) is 17.2 Å². The van der Waals surface area contributed by atoms with E-state index >= 15 is 0 Å². The predicted octanol–water partition coefficient (Wildman–Crippen LogP) is 5.45. The van der Waals surface area contributed by atoms with Crippen LogP contribution >= 0.6 is 35.0 Å². The summed E-state index contributed by atoms with van der Waals surface area (Å²) in [5, 5.41) is 17.8. The molecule has 0 aromatic heterocycles. The number of alkyl halides is 6. The Hall–Kier alpha value is -1.82. The van der Waals surface area contributed by atoms with Gasteiger partial charge < -0.3 is 0 Å². The second-order valence-electron chi connectivity index (χ2n) is 4.11. The number of anilines is 1. The van der Waals surface area contributed by atoms with Crippen LogP contribution < -0.4 is 5.43 Å². The van der Waals surface area contributed by atoms with E-state index in [0.29, 0.717) is 12.1 Å². The summed E-state index contributed by atoms with van der Waals surface area (Å²) in [6.45, 7) is 0. The Kier molecular flexibility index (Phi) is 6.82. The molecule has 0 saturated heterocycles. The van der Waals surface area contributed by atoms with Crippen molar-refractivity contribution in [1.82, 2.24) is 0 Å². The van der Waals surface area contributed by atoms with Gasteiger partial charge in [0, 0.05) is 0 Å². The number of benzene rings is 1. The van der Waals surface area contributed by atoms with Crippen LogP contribution in [-0.2, 0) is 6.18 Å². The van der Waals surface area contributed by atoms with Crippen molar-refractivity contribution in [3.8, 4) is 12.1 Å². The van der Waals surface area contributed by atoms with Crippen molar-refractivity contribution >= 4 is 46.4 Å². The standard InChI is InChI=1S/C12H4Cl2F6N4S/c13-6-1-5(11(15,16)17)2-7(14)10(6)24-23-8(3-21)9(4-22)25-12(18,19)20/h1-2,9,24H/b23-8-. The first-order chi connectivity index (χ1) is 11.4. The third-order valence-electron chi connectivity index (χ3n) is 2.39. The Morgan fingerprint density at radius 3 is 2.00 bits per heavy atom. The van der Waals surface area contributed by atoms with Crippen molar-refractivity contribution in [3.05, 3.63) is 27.7 Å². The molecule has 0 aliphatic carbocycles. The van der Waals surface area contributed by atoms with Crippen molar-refractivity contribution in [2.45, 2.75) is 16.9 Å². The lowest BCUT2D eigenvalue weighted by atomic mass is 10.2. The molecule has 4 nitrogen and oxygen atoms in total. The van der Waals surface area contributed by atoms with Crippen molar-refractivity contribution in [2.75, 3.05) is 5.43 Å². The molecule has 1 N–H and O–H groups in total. The zero-order valence-electron chi connectivity index (χ0n) is 11.5. The maximum Gasteiger partial charge on any atom is 0.443 e. The molecule has 1 atom stereocenters. The van der Waals surface area contributed by atoms with Gasteiger partial charge in [0.05, 0.1) is 27.4 Å². The Balaban J connectivity index is 3.15. The molecule has 1 aromatic carbocycles. The Labute approximate surface area is 151 Å². The number of rotatable bonds is 4. The third-order valence-corrected chi connectivity index (χ3v) is 3.82. The number of hydrazone groups is 1. The summed E-state index contributed by atoms with van der Waals surface area (Å²) in [6.07, 6.45) is -4.72. The fraction of sp³-hybridized carbons (Fsp3) is 0.250. The number of nitrogens with one attached hydrogen (secondary N) is 1. The van der Waals surface area contributed by atoms with Gasteiger partial charge in [0.2, 0.25) is 0 Å². The van der Waals surface area contributed by atoms with Gasteiger partial charge >= 0.3 is 11.7 Å². The fourth-order valence-corrected chi connectivity index (χ4v) is 2.49. The van der Waals surface area contributed by atoms with E-state index in [1.54, 1.807) is 0 Å². The molecule has 0 aliphatic heterocycles. The van der Waals surface area contributed by atoms with E-state index < -0.39 is 50.0 Å². The van der Waals surface area contributed by atoms with Crippen LogP contribution in [-0.4, -0.2) is 16.5 Å². The summed E-state index contributed by atoms with van der Waals surface area (Å²) < 4.78 is 74.8. The van der Waals surface area contributed by atoms with E-state index in [0.717, 1.165) is 0 Å². The number of hydrogen-bond donors (Lipinski definition) is 1. The van der Waals surface area contributed by atoms with E-state index in [9.17, 15) is 26.3 Å². The molecule has 0 amide bonds. The van der Waals surface area contributed by atoms with Crippen LogP contribution in [0.5, 0.6) is 0 Å². The fourth-order valence-electron chi connectivity index (χ4n) is 1.38. The topological polar surface area (TPSA) is 72.0 Å². The molecule has 13 heteroatoms. The first-order valence-corrected chi connectivity index (χ1v) is 7.46. The Morgan fingerprint density at radius 1 is 1.12 bits per heavy atom. The van der Waals surface area contributed by atoms with Gasteiger partial charge in [-0.15, -0.1) is 0 Å². The number of hydrogen-bond acceptors (Lipinski definition) is 5. The van der Waals surface area contributed by atoms with E-state index in [1.807, 2.05) is 5.43 Å². The van der Waals surface area contributed by atoms with Gasteiger partial charge in [0.1, 0.15) is 6.07 Å². The number of nitrogens with zero attached hydrogens (tertiary/aromatic N) is 3. The molecule has 0 radical (unpaired) electrons. The van der Waals surface area contributed by atoms with Crippen molar-refractivity contribution in [1.29, 1.82) is 10.5 Å². The van der Waals surface area contributed by atoms with Gasteiger partial charge in [-0.1, -0.05) is 23.2 Å². The minimum atomic E-state index is -4.80. The summed E-state index contributed by atoms with van der Waals surface area (Å²) in [4.78, 5) is 0. The lowest BCUT2D eigenvalue weighted by Gasteiger charge is -2.13. The van der Waals surface area contributed by atoms with E-state index in [2.05, 4.69) is 5.10 Å². The van der Waals surface area contributed by atoms with Crippen molar-refractivity contribution in [3.63, 3.8) is 0 Å². The van der Waals surface area contributed by atoms with Crippen LogP contribution in [0.2, 0.25) is 10.0 Å². The van der Waals surface area contributed by atoms with Gasteiger partial charge in [-0.05, 0) is 23.9 Å². The molecule has 0 heterocycles. The third kappa shape index (κ3) is 6.20. The molecule has 0 saturated carbocycles. The summed E-state index contributed by atoms with van der Waals surface area (Å²) >= 11 is 10.5. The molecule has 134 valence electrons. The number of nitriles is 2. The zero-order chi connectivity index (χ0) is 19.4. The first-order valence-electron chi connectivity index (χ1n) is 5.83. The summed E-state index contributed by atoms with van der Waals surface area (Å²) in [5.74, 6) is 0. The van der Waals surface area contributed by atoms with Gasteiger partial charge in [0.15, 0.2) is 11.0 Å². The average molecular weight is 421 g/mol. The van der Waals surface area contributed by atoms with Crippen LogP contribution in [0.4, 0.5) is 32.0 Å². The van der Waals surface area contributed by atoms with Crippen LogP contribution in [0.1, 0.15) is 5.56 Å². The molecule has 0 aliphatic rings. The Bertz CT molecular complexity index is 740. The number of halogens is 8. The SMILES string of the molecule is N#C/C(=N/Nc1c(Cl)cc(C(F)(F)F)cc1Cl)C(C#N)SC(F)(F)F. The van der Waals surface area contributed by atoms with E-state index in [1.165, 1.54) is 12.1 Å². The first kappa shape index (κ1) is 21.2. The van der Waals surface area contributed by atoms with Crippen molar-refractivity contribution in [2.24, 2.45) is 5.10 Å². The predicted molar refractivity (Wildman–Crippen MR) is 81.2 cm³/mol. The molecule has 1 unspecified atom stereocenters. The highest BCUT2D eigenvalue weighted by Gasteiger charge is 2.36. The normalized spacial score (nSPS) is 13.8. The molecule has 0 spiro atoms. The minimum Gasteiger partial charge on any atom is -0.274 e. The quantitative estimate of drug-likeness (QED) is 0.399. The summed E-state index contributed by atoms with van der Waals surface area (Å²) in [6, 6.07) is 3.57. The highest BCUT2D eigenvalue weighted by Crippen LogP contribution is 2.39. The van der Waals surface area contributed by atoms with Gasteiger partial charge in [-0.3, -0.25) is 5.43 Å². The molecule has 1 aromatic rings. The summed E-state index contributed by atoms with van der Waals surface area (Å²) in [5.41, 5.74) is -5.17. The molecule has 1 rings (SSSR count). The smallest absolute Gasteiger partial charge is 0.274 e. The maximum atomic E-state index is 12.6. The maximum absolute atomic E-state index is 12.6. The molecule has 0 fully saturated rings. The van der Waals surface area contributed by atoms with Crippen LogP contribution in [0.3, 0.4) is 0 Å². The highest BCUT2D eigenvalue weighted by molar-refractivity contribution is 8.01. The van der Waals surface area contributed by atoms with Crippen LogP contribution in [0.25, 0.3) is 0 Å². The molecule has 0 bridgehead atoms. The van der Waals surface area contributed by atoms with E-state index in [-0.39, 0.29) is 5.69 Å². The minimum absolute atomic E-state index is 0.363. The van der Waals surface area contributed by atoms with Gasteiger partial charge in [-0.2, -0.15) is 42.0 Å². The highest BCUT2D eigenvalue weighted by atomic mass is 35.5. The Morgan fingerprint density at radius 2 is 1.64 bits per heavy atom. The largest absolute Gasteiger partial charge is 0.443 e. The average Bonchev–Trinajstić information content (AvgIpc) is 2.46. The molecule has 25 heavy (non-hydrogen) atoms. The summed E-state index contributed by atoms with van der Waals surface area (Å²) in [7, 11) is 0.